The molecule has 1 saturated heterocycles. The number of para-hydroxylation sites is 2. The zero-order valence-electron chi connectivity index (χ0n) is 13.5. The van der Waals surface area contributed by atoms with Gasteiger partial charge in [0.1, 0.15) is 10.6 Å². The van der Waals surface area contributed by atoms with Crippen molar-refractivity contribution in [3.8, 4) is 5.75 Å². The molecule has 5 heteroatoms. The topological polar surface area (TPSA) is 38.8 Å². The van der Waals surface area contributed by atoms with Crippen molar-refractivity contribution in [3.05, 3.63) is 60.2 Å². The molecule has 2 unspecified atom stereocenters. The largest absolute Gasteiger partial charge is 0.491 e. The molecule has 0 radical (unpaired) electrons. The number of benzene rings is 2. The van der Waals surface area contributed by atoms with Crippen LogP contribution in [0.4, 0.5) is 5.69 Å². The third-order valence-corrected chi connectivity index (χ3v) is 5.98. The van der Waals surface area contributed by atoms with Crippen molar-refractivity contribution in [2.24, 2.45) is 0 Å². The maximum absolute atomic E-state index is 12.8. The van der Waals surface area contributed by atoms with Gasteiger partial charge in [0.15, 0.2) is 6.10 Å². The van der Waals surface area contributed by atoms with Gasteiger partial charge < -0.3 is 9.47 Å². The fraction of sp³-hybridized carbons (Fsp3) is 0.316. The summed E-state index contributed by atoms with van der Waals surface area (Å²) in [7, 11) is 0. The molecule has 4 rings (SSSR count). The van der Waals surface area contributed by atoms with Crippen LogP contribution in [0.15, 0.2) is 54.6 Å². The number of carbonyl (C=O) groups excluding carboxylic acids is 1. The Labute approximate surface area is 145 Å². The molecule has 0 aromatic heterocycles. The summed E-state index contributed by atoms with van der Waals surface area (Å²) >= 11 is 1.67. The Morgan fingerprint density at radius 3 is 2.75 bits per heavy atom. The maximum atomic E-state index is 12.8. The number of anilines is 1. The second-order valence-electron chi connectivity index (χ2n) is 5.97. The van der Waals surface area contributed by atoms with E-state index in [9.17, 15) is 4.79 Å². The smallest absolute Gasteiger partial charge is 0.260 e. The third-order valence-electron chi connectivity index (χ3n) is 4.67. The highest BCUT2D eigenvalue weighted by atomic mass is 32.2. The van der Waals surface area contributed by atoms with Gasteiger partial charge in [0.05, 0.1) is 18.9 Å². The number of carbonyl (C=O) groups is 1. The highest BCUT2D eigenvalue weighted by Crippen LogP contribution is 2.52. The zero-order chi connectivity index (χ0) is 16.6. The molecule has 0 spiro atoms. The lowest BCUT2D eigenvalue weighted by atomic mass is 9.93. The quantitative estimate of drug-likeness (QED) is 0.799. The number of hydrogen-bond donors (Lipinski definition) is 0. The molecule has 2 aromatic rings. The van der Waals surface area contributed by atoms with Crippen LogP contribution in [0.1, 0.15) is 12.0 Å². The normalized spacial score (nSPS) is 25.1. The Morgan fingerprint density at radius 1 is 1.21 bits per heavy atom. The zero-order valence-corrected chi connectivity index (χ0v) is 14.3. The third kappa shape index (κ3) is 2.31. The molecule has 0 N–H and O–H groups in total. The van der Waals surface area contributed by atoms with Crippen molar-refractivity contribution >= 4 is 23.4 Å². The average Bonchev–Trinajstić information content (AvgIpc) is 2.77. The van der Waals surface area contributed by atoms with Gasteiger partial charge in [-0.3, -0.25) is 9.69 Å². The van der Waals surface area contributed by atoms with E-state index in [0.29, 0.717) is 13.2 Å². The molecular formula is C19H19NO3S. The van der Waals surface area contributed by atoms with Crippen molar-refractivity contribution in [2.75, 3.05) is 17.8 Å². The van der Waals surface area contributed by atoms with Crippen molar-refractivity contribution in [2.45, 2.75) is 24.0 Å². The molecule has 2 aliphatic heterocycles. The first-order valence-electron chi connectivity index (χ1n) is 8.03. The van der Waals surface area contributed by atoms with Crippen LogP contribution in [0.25, 0.3) is 0 Å². The van der Waals surface area contributed by atoms with E-state index < -0.39 is 11.0 Å². The summed E-state index contributed by atoms with van der Waals surface area (Å²) in [5.41, 5.74) is 1.92. The predicted octanol–water partition coefficient (Wildman–Crippen LogP) is 3.46. The van der Waals surface area contributed by atoms with Gasteiger partial charge in [0.25, 0.3) is 5.91 Å². The predicted molar refractivity (Wildman–Crippen MR) is 95.3 cm³/mol. The number of rotatable bonds is 4. The van der Waals surface area contributed by atoms with Gasteiger partial charge in [-0.25, -0.2) is 0 Å². The first-order valence-corrected chi connectivity index (χ1v) is 9.25. The Balaban J connectivity index is 1.61. The fourth-order valence-corrected chi connectivity index (χ4v) is 4.48. The van der Waals surface area contributed by atoms with Gasteiger partial charge in [-0.15, -0.1) is 11.8 Å². The van der Waals surface area contributed by atoms with Crippen LogP contribution < -0.4 is 9.64 Å². The van der Waals surface area contributed by atoms with E-state index in [1.165, 1.54) is 0 Å². The molecule has 124 valence electrons. The standard InChI is InChI=1S/C19H19NO3S/c1-24-19-11-12-22-16-10-6-5-9-15(16)20(19)18(21)17(19)23-13-14-7-3-2-4-8-14/h2-10,17H,11-13H2,1H3. The molecule has 4 nitrogen and oxygen atoms in total. The lowest BCUT2D eigenvalue weighted by Gasteiger charge is -2.54. The van der Waals surface area contributed by atoms with E-state index in [1.54, 1.807) is 11.8 Å². The monoisotopic (exact) mass is 341 g/mol. The minimum Gasteiger partial charge on any atom is -0.491 e. The molecule has 24 heavy (non-hydrogen) atoms. The van der Waals surface area contributed by atoms with E-state index in [2.05, 4.69) is 0 Å². The summed E-state index contributed by atoms with van der Waals surface area (Å²) in [6.07, 6.45) is 2.34. The molecular weight excluding hydrogens is 322 g/mol. The highest BCUT2D eigenvalue weighted by molar-refractivity contribution is 8.00. The Morgan fingerprint density at radius 2 is 1.96 bits per heavy atom. The maximum Gasteiger partial charge on any atom is 0.260 e. The van der Waals surface area contributed by atoms with Crippen LogP contribution in [0.3, 0.4) is 0 Å². The fourth-order valence-electron chi connectivity index (χ4n) is 3.44. The number of ether oxygens (including phenoxy) is 2. The number of amides is 1. The van der Waals surface area contributed by atoms with Gasteiger partial charge >= 0.3 is 0 Å². The van der Waals surface area contributed by atoms with Crippen molar-refractivity contribution < 1.29 is 14.3 Å². The number of thioether (sulfide) groups is 1. The molecule has 2 aromatic carbocycles. The minimum atomic E-state index is -0.442. The van der Waals surface area contributed by atoms with Crippen molar-refractivity contribution in [3.63, 3.8) is 0 Å². The van der Waals surface area contributed by atoms with E-state index >= 15 is 0 Å². The van der Waals surface area contributed by atoms with E-state index in [-0.39, 0.29) is 5.91 Å². The van der Waals surface area contributed by atoms with E-state index in [0.717, 1.165) is 23.4 Å². The number of hydrogen-bond acceptors (Lipinski definition) is 4. The Kier molecular flexibility index (Phi) is 3.98. The highest BCUT2D eigenvalue weighted by Gasteiger charge is 2.62. The Bertz CT molecular complexity index is 751. The van der Waals surface area contributed by atoms with Crippen molar-refractivity contribution in [1.82, 2.24) is 0 Å². The molecule has 0 saturated carbocycles. The SMILES string of the molecule is CSC12CCOc3ccccc3N1C(=O)C2OCc1ccccc1. The summed E-state index contributed by atoms with van der Waals surface area (Å²) < 4.78 is 11.9. The number of β-lactam (4-membered cyclic amide) rings is 1. The summed E-state index contributed by atoms with van der Waals surface area (Å²) in [5, 5.41) is 0. The van der Waals surface area contributed by atoms with Crippen LogP contribution in [-0.4, -0.2) is 29.7 Å². The second kappa shape index (κ2) is 6.15. The number of nitrogens with zero attached hydrogens (tertiary/aromatic N) is 1. The van der Waals surface area contributed by atoms with Gasteiger partial charge in [-0.1, -0.05) is 42.5 Å². The van der Waals surface area contributed by atoms with Gasteiger partial charge in [-0.05, 0) is 24.0 Å². The van der Waals surface area contributed by atoms with Crippen molar-refractivity contribution in [1.29, 1.82) is 0 Å². The Hall–Kier alpha value is -1.98. The molecule has 2 atom stereocenters. The minimum absolute atomic E-state index is 0.0123. The summed E-state index contributed by atoms with van der Waals surface area (Å²) in [6.45, 7) is 1.02. The van der Waals surface area contributed by atoms with Crippen LogP contribution >= 0.6 is 11.8 Å². The molecule has 2 heterocycles. The van der Waals surface area contributed by atoms with Crippen LogP contribution in [0.2, 0.25) is 0 Å². The van der Waals surface area contributed by atoms with Gasteiger partial charge in [-0.2, -0.15) is 0 Å². The lowest BCUT2D eigenvalue weighted by Crippen LogP contribution is -2.73. The molecule has 2 aliphatic rings. The molecule has 0 bridgehead atoms. The summed E-state index contributed by atoms with van der Waals surface area (Å²) in [5.74, 6) is 0.779. The van der Waals surface area contributed by atoms with Crippen LogP contribution in [0.5, 0.6) is 5.75 Å². The summed E-state index contributed by atoms with van der Waals surface area (Å²) in [6, 6.07) is 17.7. The number of fused-ring (bicyclic) bond motifs is 3. The first kappa shape index (κ1) is 15.5. The molecule has 0 aliphatic carbocycles. The molecule has 1 amide bonds. The van der Waals surface area contributed by atoms with Crippen LogP contribution in [0, 0.1) is 0 Å². The lowest BCUT2D eigenvalue weighted by molar-refractivity contribution is -0.145. The second-order valence-corrected chi connectivity index (χ2v) is 7.08. The molecule has 1 fully saturated rings. The average molecular weight is 341 g/mol. The van der Waals surface area contributed by atoms with Gasteiger partial charge in [0, 0.05) is 6.42 Å². The van der Waals surface area contributed by atoms with Crippen LogP contribution in [-0.2, 0) is 16.1 Å². The first-order chi connectivity index (χ1) is 11.8. The van der Waals surface area contributed by atoms with Gasteiger partial charge in [0.2, 0.25) is 0 Å². The summed E-state index contributed by atoms with van der Waals surface area (Å²) in [4.78, 5) is 14.3. The van der Waals surface area contributed by atoms with E-state index in [1.807, 2.05) is 65.8 Å². The van der Waals surface area contributed by atoms with E-state index in [4.69, 9.17) is 9.47 Å².